The first-order valence-corrected chi connectivity index (χ1v) is 17.2. The van der Waals surface area contributed by atoms with Gasteiger partial charge in [0.05, 0.1) is 26.9 Å². The lowest BCUT2D eigenvalue weighted by Crippen LogP contribution is -2.41. The van der Waals surface area contributed by atoms with Crippen LogP contribution in [-0.2, 0) is 16.0 Å². The van der Waals surface area contributed by atoms with Crippen molar-refractivity contribution in [2.24, 2.45) is 0 Å². The van der Waals surface area contributed by atoms with Gasteiger partial charge in [0.1, 0.15) is 0 Å². The molecule has 0 unspecified atom stereocenters. The molecular formula is C32H46O3Si. The molecule has 0 atom stereocenters. The normalized spacial score (nSPS) is 18.1. The minimum Gasteiger partial charge on any atom is -0.462 e. The molecule has 0 saturated heterocycles. The van der Waals surface area contributed by atoms with Crippen LogP contribution in [-0.4, -0.2) is 32.4 Å². The second-order valence-electron chi connectivity index (χ2n) is 11.3. The Balaban J connectivity index is 1.46. The molecule has 1 aliphatic rings. The van der Waals surface area contributed by atoms with Crippen molar-refractivity contribution in [3.05, 3.63) is 77.4 Å². The minimum absolute atomic E-state index is 0.117. The van der Waals surface area contributed by atoms with Crippen molar-refractivity contribution in [3.8, 4) is 0 Å². The smallest absolute Gasteiger partial charge is 0.335 e. The van der Waals surface area contributed by atoms with Crippen LogP contribution in [0.25, 0.3) is 0 Å². The molecule has 0 aliphatic heterocycles. The number of esters is 1. The molecule has 196 valence electrons. The Morgan fingerprint density at radius 1 is 0.917 bits per heavy atom. The molecule has 3 rings (SSSR count). The molecule has 0 spiro atoms. The molecule has 0 amide bonds. The minimum atomic E-state index is -1.59. The highest BCUT2D eigenvalue weighted by Crippen LogP contribution is 2.40. The maximum absolute atomic E-state index is 11.6. The molecule has 1 aliphatic carbocycles. The number of aliphatic hydroxyl groups is 1. The summed E-state index contributed by atoms with van der Waals surface area (Å²) in [5.41, 5.74) is 4.62. The van der Waals surface area contributed by atoms with Crippen LogP contribution in [0, 0.1) is 0 Å². The van der Waals surface area contributed by atoms with Crippen LogP contribution in [0.1, 0.15) is 86.8 Å². The fourth-order valence-corrected chi connectivity index (χ4v) is 7.88. The van der Waals surface area contributed by atoms with Gasteiger partial charge in [-0.1, -0.05) is 99.2 Å². The number of rotatable bonds is 13. The molecule has 1 N–H and O–H groups in total. The molecule has 4 heteroatoms. The molecule has 1 fully saturated rings. The van der Waals surface area contributed by atoms with E-state index in [1.165, 1.54) is 73.2 Å². The lowest BCUT2D eigenvalue weighted by molar-refractivity contribution is -0.139. The van der Waals surface area contributed by atoms with Crippen LogP contribution < -0.4 is 5.19 Å². The summed E-state index contributed by atoms with van der Waals surface area (Å²) < 4.78 is 5.21. The van der Waals surface area contributed by atoms with Gasteiger partial charge in [0.2, 0.25) is 0 Å². The summed E-state index contributed by atoms with van der Waals surface area (Å²) in [6.45, 7) is 10.6. The van der Waals surface area contributed by atoms with Crippen molar-refractivity contribution in [1.82, 2.24) is 0 Å². The van der Waals surface area contributed by atoms with E-state index < -0.39 is 14.0 Å². The van der Waals surface area contributed by atoms with Gasteiger partial charge >= 0.3 is 5.97 Å². The molecule has 0 aromatic heterocycles. The summed E-state index contributed by atoms with van der Waals surface area (Å²) in [4.78, 5) is 11.6. The number of unbranched alkanes of at least 4 members (excludes halogenated alkanes) is 2. The van der Waals surface area contributed by atoms with E-state index in [0.29, 0.717) is 18.4 Å². The van der Waals surface area contributed by atoms with Crippen LogP contribution in [0.2, 0.25) is 19.1 Å². The molecular weight excluding hydrogens is 460 g/mol. The van der Waals surface area contributed by atoms with Crippen molar-refractivity contribution in [2.45, 2.75) is 95.7 Å². The van der Waals surface area contributed by atoms with E-state index in [0.717, 1.165) is 12.5 Å². The first-order valence-electron chi connectivity index (χ1n) is 14.0. The molecule has 2 aromatic rings. The Labute approximate surface area is 220 Å². The topological polar surface area (TPSA) is 46.5 Å². The van der Waals surface area contributed by atoms with Gasteiger partial charge < -0.3 is 9.84 Å². The van der Waals surface area contributed by atoms with E-state index >= 15 is 0 Å². The van der Waals surface area contributed by atoms with Gasteiger partial charge in [-0.2, -0.15) is 0 Å². The summed E-state index contributed by atoms with van der Waals surface area (Å²) in [6, 6.07) is 20.0. The number of aliphatic hydroxyl groups excluding tert-OH is 1. The lowest BCUT2D eigenvalue weighted by atomic mass is 9.76. The van der Waals surface area contributed by atoms with Gasteiger partial charge in [-0.05, 0) is 73.5 Å². The van der Waals surface area contributed by atoms with E-state index in [1.807, 2.05) is 0 Å². The third-order valence-corrected chi connectivity index (χ3v) is 11.6. The zero-order valence-corrected chi connectivity index (χ0v) is 23.7. The highest BCUT2D eigenvalue weighted by Gasteiger charge is 2.26. The van der Waals surface area contributed by atoms with Gasteiger partial charge in [-0.25, -0.2) is 4.79 Å². The van der Waals surface area contributed by atoms with Gasteiger partial charge in [-0.3, -0.25) is 0 Å². The Morgan fingerprint density at radius 3 is 2.00 bits per heavy atom. The third kappa shape index (κ3) is 8.17. The molecule has 1 saturated carbocycles. The first-order chi connectivity index (χ1) is 17.3. The summed E-state index contributed by atoms with van der Waals surface area (Å²) >= 11 is 0. The third-order valence-electron chi connectivity index (χ3n) is 8.07. The first kappa shape index (κ1) is 28.4. The fraction of sp³-hybridized carbons (Fsp3) is 0.531. The van der Waals surface area contributed by atoms with E-state index in [-0.39, 0.29) is 12.2 Å². The van der Waals surface area contributed by atoms with Crippen LogP contribution >= 0.6 is 0 Å². The molecule has 0 bridgehead atoms. The maximum atomic E-state index is 11.6. The SMILES string of the molecule is C=C(CO)C(=O)OCCC[Si](C)(C)c1ccc(C2CCC(c3ccc(CCCCC)cc3)CC2)cc1. The van der Waals surface area contributed by atoms with Gasteiger partial charge in [0, 0.05) is 0 Å². The average Bonchev–Trinajstić information content (AvgIpc) is 2.91. The number of aryl methyl sites for hydroxylation is 1. The molecule has 2 aromatic carbocycles. The Morgan fingerprint density at radius 2 is 1.47 bits per heavy atom. The number of hydrogen-bond acceptors (Lipinski definition) is 3. The highest BCUT2D eigenvalue weighted by molar-refractivity contribution is 6.89. The Bertz CT molecular complexity index is 954. The lowest BCUT2D eigenvalue weighted by Gasteiger charge is -2.30. The van der Waals surface area contributed by atoms with Gasteiger partial charge in [-0.15, -0.1) is 0 Å². The van der Waals surface area contributed by atoms with E-state index in [9.17, 15) is 4.79 Å². The van der Waals surface area contributed by atoms with Crippen LogP contribution in [0.4, 0.5) is 0 Å². The predicted molar refractivity (Wildman–Crippen MR) is 154 cm³/mol. The summed E-state index contributed by atoms with van der Waals surface area (Å²) in [6.07, 6.45) is 11.1. The maximum Gasteiger partial charge on any atom is 0.335 e. The second kappa shape index (κ2) is 13.9. The number of carbonyl (C=O) groups is 1. The van der Waals surface area contributed by atoms with Crippen molar-refractivity contribution in [2.75, 3.05) is 13.2 Å². The summed E-state index contributed by atoms with van der Waals surface area (Å²) in [5.74, 6) is 0.892. The van der Waals surface area contributed by atoms with Crippen molar-refractivity contribution < 1.29 is 14.6 Å². The Kier molecular flexibility index (Phi) is 11.0. The molecule has 36 heavy (non-hydrogen) atoms. The molecule has 0 heterocycles. The monoisotopic (exact) mass is 506 g/mol. The van der Waals surface area contributed by atoms with Crippen LogP contribution in [0.15, 0.2) is 60.7 Å². The number of ether oxygens (including phenoxy) is 1. The van der Waals surface area contributed by atoms with E-state index in [2.05, 4.69) is 75.1 Å². The standard InChI is InChI=1S/C32H46O3Si/c1-5-6-7-9-26-10-12-27(13-11-26)28-14-16-29(17-15-28)30-18-20-31(21-19-30)36(3,4)23-8-22-35-32(34)25(2)24-33/h10-13,18-21,28-29,33H,2,5-9,14-17,22-24H2,1,3-4H3. The van der Waals surface area contributed by atoms with E-state index in [1.54, 1.807) is 0 Å². The van der Waals surface area contributed by atoms with Crippen molar-refractivity contribution in [1.29, 1.82) is 0 Å². The molecule has 0 radical (unpaired) electrons. The number of benzene rings is 2. The van der Waals surface area contributed by atoms with Gasteiger partial charge in [0.25, 0.3) is 0 Å². The zero-order chi connectivity index (χ0) is 26.0. The quantitative estimate of drug-likeness (QED) is 0.135. The Hall–Kier alpha value is -2.17. The van der Waals surface area contributed by atoms with E-state index in [4.69, 9.17) is 9.84 Å². The second-order valence-corrected chi connectivity index (χ2v) is 16.1. The van der Waals surface area contributed by atoms with Gasteiger partial charge in [0.15, 0.2) is 0 Å². The summed E-state index contributed by atoms with van der Waals surface area (Å²) in [7, 11) is -1.59. The number of carbonyl (C=O) groups excluding carboxylic acids is 1. The van der Waals surface area contributed by atoms with Crippen molar-refractivity contribution in [3.63, 3.8) is 0 Å². The largest absolute Gasteiger partial charge is 0.462 e. The van der Waals surface area contributed by atoms with Crippen LogP contribution in [0.5, 0.6) is 0 Å². The highest BCUT2D eigenvalue weighted by atomic mass is 28.3. The predicted octanol–water partition coefficient (Wildman–Crippen LogP) is 7.26. The molecule has 3 nitrogen and oxygen atoms in total. The van der Waals surface area contributed by atoms with Crippen LogP contribution in [0.3, 0.4) is 0 Å². The fourth-order valence-electron chi connectivity index (χ4n) is 5.49. The summed E-state index contributed by atoms with van der Waals surface area (Å²) in [5, 5.41) is 10.4. The zero-order valence-electron chi connectivity index (χ0n) is 22.7. The van der Waals surface area contributed by atoms with Crippen molar-refractivity contribution >= 4 is 19.2 Å². The number of hydrogen-bond donors (Lipinski definition) is 1. The average molecular weight is 507 g/mol.